The largest absolute Gasteiger partial charge is 0.362 e. The highest BCUT2D eigenvalue weighted by Gasteiger charge is 2.35. The van der Waals surface area contributed by atoms with E-state index in [4.69, 9.17) is 0 Å². The van der Waals surface area contributed by atoms with Crippen LogP contribution in [0.25, 0.3) is 16.7 Å². The molecule has 6 aromatic rings. The summed E-state index contributed by atoms with van der Waals surface area (Å²) in [6.07, 6.45) is 7.96. The number of fused-ring (bicyclic) bond motifs is 3. The van der Waals surface area contributed by atoms with Gasteiger partial charge in [0.05, 0.1) is 0 Å². The summed E-state index contributed by atoms with van der Waals surface area (Å²) >= 11 is 0. The van der Waals surface area contributed by atoms with Gasteiger partial charge < -0.3 is 15.5 Å². The normalized spacial score (nSPS) is 12.9. The highest BCUT2D eigenvalue weighted by Crippen LogP contribution is 2.50. The number of hydrogen-bond donors (Lipinski definition) is 2. The first-order valence-corrected chi connectivity index (χ1v) is 16.4. The van der Waals surface area contributed by atoms with Crippen LogP contribution in [-0.4, -0.2) is 0 Å². The second kappa shape index (κ2) is 13.4. The molecule has 0 heterocycles. The third-order valence-corrected chi connectivity index (χ3v) is 9.04. The van der Waals surface area contributed by atoms with E-state index in [0.717, 1.165) is 45.3 Å². The zero-order valence-corrected chi connectivity index (χ0v) is 27.4. The van der Waals surface area contributed by atoms with Gasteiger partial charge in [-0.3, -0.25) is 0 Å². The molecule has 6 aromatic carbocycles. The summed E-state index contributed by atoms with van der Waals surface area (Å²) in [6, 6.07) is 53.3. The van der Waals surface area contributed by atoms with Gasteiger partial charge in [0.25, 0.3) is 0 Å². The first-order chi connectivity index (χ1) is 23.5. The van der Waals surface area contributed by atoms with Crippen molar-refractivity contribution in [3.8, 4) is 11.1 Å². The quantitative estimate of drug-likeness (QED) is 0.149. The van der Waals surface area contributed by atoms with E-state index in [1.807, 2.05) is 42.6 Å². The fourth-order valence-corrected chi connectivity index (χ4v) is 6.49. The molecule has 234 valence electrons. The molecule has 2 N–H and O–H groups in total. The molecule has 3 heteroatoms. The van der Waals surface area contributed by atoms with Gasteiger partial charge in [0.1, 0.15) is 0 Å². The SMILES string of the molecule is C=C(/C=C\C=C/Nc1ccc(Nc2ccccc2)cc1)c1ccc(N(c2ccccc2)c2ccc3c(c2)C(C)(C)c2ccccc2-3)cc1. The Labute approximate surface area is 284 Å². The van der Waals surface area contributed by atoms with E-state index in [0.29, 0.717) is 0 Å². The van der Waals surface area contributed by atoms with Gasteiger partial charge in [-0.25, -0.2) is 0 Å². The van der Waals surface area contributed by atoms with Crippen LogP contribution in [0, 0.1) is 0 Å². The number of nitrogens with one attached hydrogen (secondary N) is 2. The van der Waals surface area contributed by atoms with Crippen LogP contribution in [-0.2, 0) is 5.41 Å². The zero-order valence-electron chi connectivity index (χ0n) is 27.4. The van der Waals surface area contributed by atoms with E-state index in [2.05, 4.69) is 169 Å². The van der Waals surface area contributed by atoms with Gasteiger partial charge >= 0.3 is 0 Å². The van der Waals surface area contributed by atoms with Gasteiger partial charge in [0.15, 0.2) is 0 Å². The lowest BCUT2D eigenvalue weighted by molar-refractivity contribution is 0.660. The molecule has 0 aliphatic heterocycles. The van der Waals surface area contributed by atoms with Gasteiger partial charge in [0, 0.05) is 45.7 Å². The summed E-state index contributed by atoms with van der Waals surface area (Å²) in [5, 5.41) is 6.74. The zero-order chi connectivity index (χ0) is 32.9. The van der Waals surface area contributed by atoms with Crippen LogP contribution in [0.1, 0.15) is 30.5 Å². The molecule has 48 heavy (non-hydrogen) atoms. The number of anilines is 6. The van der Waals surface area contributed by atoms with Crippen molar-refractivity contribution in [3.05, 3.63) is 199 Å². The predicted molar refractivity (Wildman–Crippen MR) is 206 cm³/mol. The van der Waals surface area contributed by atoms with Crippen molar-refractivity contribution in [1.29, 1.82) is 0 Å². The Hall–Kier alpha value is -6.06. The van der Waals surface area contributed by atoms with Crippen LogP contribution in [0.5, 0.6) is 0 Å². The Bertz CT molecular complexity index is 2090. The van der Waals surface area contributed by atoms with Crippen molar-refractivity contribution in [2.45, 2.75) is 19.3 Å². The van der Waals surface area contributed by atoms with Crippen molar-refractivity contribution in [1.82, 2.24) is 0 Å². The Balaban J connectivity index is 1.04. The molecule has 0 spiro atoms. The predicted octanol–water partition coefficient (Wildman–Crippen LogP) is 12.4. The first kappa shape index (κ1) is 30.6. The van der Waals surface area contributed by atoms with Crippen LogP contribution in [0.3, 0.4) is 0 Å². The highest BCUT2D eigenvalue weighted by atomic mass is 15.1. The number of nitrogens with zero attached hydrogens (tertiary/aromatic N) is 1. The molecular formula is C45H39N3. The lowest BCUT2D eigenvalue weighted by Gasteiger charge is -2.28. The number of allylic oxidation sites excluding steroid dienone is 4. The molecule has 0 aromatic heterocycles. The fourth-order valence-electron chi connectivity index (χ4n) is 6.49. The molecule has 7 rings (SSSR count). The molecule has 3 nitrogen and oxygen atoms in total. The van der Waals surface area contributed by atoms with E-state index in [1.54, 1.807) is 0 Å². The molecule has 0 saturated heterocycles. The Morgan fingerprint density at radius 1 is 0.562 bits per heavy atom. The maximum atomic E-state index is 4.33. The minimum atomic E-state index is -0.0627. The maximum Gasteiger partial charge on any atom is 0.0465 e. The molecule has 0 amide bonds. The number of hydrogen-bond acceptors (Lipinski definition) is 3. The van der Waals surface area contributed by atoms with Crippen molar-refractivity contribution in [2.24, 2.45) is 0 Å². The summed E-state index contributed by atoms with van der Waals surface area (Å²) < 4.78 is 0. The van der Waals surface area contributed by atoms with Gasteiger partial charge in [0.2, 0.25) is 0 Å². The minimum absolute atomic E-state index is 0.0627. The van der Waals surface area contributed by atoms with Gasteiger partial charge in [-0.2, -0.15) is 0 Å². The average Bonchev–Trinajstić information content (AvgIpc) is 3.36. The van der Waals surface area contributed by atoms with E-state index < -0.39 is 0 Å². The third kappa shape index (κ3) is 6.31. The minimum Gasteiger partial charge on any atom is -0.362 e. The molecule has 0 bridgehead atoms. The number of para-hydroxylation sites is 2. The average molecular weight is 622 g/mol. The standard InChI is InChI=1S/C45H39N3/c1-33(14-12-13-31-46-35-23-25-37(26-24-35)47-36-15-6-4-7-16-36)34-21-27-39(28-22-34)48(38-17-8-5-9-18-38)40-29-30-42-41-19-10-11-20-43(41)45(2,3)44(42)32-40/h4-32,46-47H,1H2,2-3H3/b14-12-,31-13-. The maximum absolute atomic E-state index is 4.33. The smallest absolute Gasteiger partial charge is 0.0465 e. The number of rotatable bonds is 10. The van der Waals surface area contributed by atoms with E-state index in [1.165, 1.54) is 22.3 Å². The summed E-state index contributed by atoms with van der Waals surface area (Å²) in [5.74, 6) is 0. The monoisotopic (exact) mass is 621 g/mol. The summed E-state index contributed by atoms with van der Waals surface area (Å²) in [6.45, 7) is 8.99. The Morgan fingerprint density at radius 2 is 1.15 bits per heavy atom. The van der Waals surface area contributed by atoms with E-state index in [9.17, 15) is 0 Å². The Kier molecular flexibility index (Phi) is 8.51. The van der Waals surface area contributed by atoms with Crippen molar-refractivity contribution in [2.75, 3.05) is 15.5 Å². The van der Waals surface area contributed by atoms with E-state index in [-0.39, 0.29) is 5.41 Å². The van der Waals surface area contributed by atoms with Crippen LogP contribution >= 0.6 is 0 Å². The number of benzene rings is 6. The molecule has 0 unspecified atom stereocenters. The molecule has 0 radical (unpaired) electrons. The van der Waals surface area contributed by atoms with Gasteiger partial charge in [-0.05, 0) is 112 Å². The lowest BCUT2D eigenvalue weighted by atomic mass is 9.82. The van der Waals surface area contributed by atoms with Crippen molar-refractivity contribution >= 4 is 39.7 Å². The first-order valence-electron chi connectivity index (χ1n) is 16.4. The summed E-state index contributed by atoms with van der Waals surface area (Å²) in [4.78, 5) is 2.33. The van der Waals surface area contributed by atoms with Crippen LogP contribution in [0.4, 0.5) is 34.1 Å². The second-order valence-electron chi connectivity index (χ2n) is 12.6. The second-order valence-corrected chi connectivity index (χ2v) is 12.6. The van der Waals surface area contributed by atoms with Crippen LogP contribution < -0.4 is 15.5 Å². The van der Waals surface area contributed by atoms with Crippen molar-refractivity contribution < 1.29 is 0 Å². The molecule has 1 aliphatic rings. The molecular weight excluding hydrogens is 583 g/mol. The molecule has 1 aliphatic carbocycles. The third-order valence-electron chi connectivity index (χ3n) is 9.04. The summed E-state index contributed by atoms with van der Waals surface area (Å²) in [7, 11) is 0. The van der Waals surface area contributed by atoms with Gasteiger partial charge in [-0.15, -0.1) is 0 Å². The van der Waals surface area contributed by atoms with Gasteiger partial charge in [-0.1, -0.05) is 111 Å². The van der Waals surface area contributed by atoms with Crippen molar-refractivity contribution in [3.63, 3.8) is 0 Å². The highest BCUT2D eigenvalue weighted by molar-refractivity contribution is 5.86. The fraction of sp³-hybridized carbons (Fsp3) is 0.0667. The Morgan fingerprint density at radius 3 is 1.90 bits per heavy atom. The van der Waals surface area contributed by atoms with Crippen LogP contribution in [0.15, 0.2) is 183 Å². The van der Waals surface area contributed by atoms with Crippen LogP contribution in [0.2, 0.25) is 0 Å². The lowest BCUT2D eigenvalue weighted by Crippen LogP contribution is -2.16. The molecule has 0 saturated carbocycles. The summed E-state index contributed by atoms with van der Waals surface area (Å²) in [5.41, 5.74) is 13.9. The molecule has 0 atom stereocenters. The molecule has 0 fully saturated rings. The van der Waals surface area contributed by atoms with E-state index >= 15 is 0 Å². The topological polar surface area (TPSA) is 27.3 Å².